The van der Waals surface area contributed by atoms with Crippen molar-refractivity contribution in [1.82, 2.24) is 9.55 Å². The second-order valence-electron chi connectivity index (χ2n) is 4.38. The zero-order chi connectivity index (χ0) is 15.6. The van der Waals surface area contributed by atoms with E-state index in [4.69, 9.17) is 22.4 Å². The molecule has 21 heavy (non-hydrogen) atoms. The molecule has 1 aromatic rings. The van der Waals surface area contributed by atoms with Crippen LogP contribution in [0.2, 0.25) is 0 Å². The van der Waals surface area contributed by atoms with E-state index in [9.17, 15) is 15.0 Å². The lowest BCUT2D eigenvalue weighted by Gasteiger charge is -2.23. The molecule has 2 heterocycles. The van der Waals surface area contributed by atoms with Crippen LogP contribution in [0.3, 0.4) is 0 Å². The first kappa shape index (κ1) is 14.8. The third-order valence-corrected chi connectivity index (χ3v) is 3.19. The topological polar surface area (TPSA) is 159 Å². The first-order valence-electron chi connectivity index (χ1n) is 5.83. The Labute approximate surface area is 118 Å². The normalized spacial score (nSPS) is 31.4. The summed E-state index contributed by atoms with van der Waals surface area (Å²) in [5, 5.41) is 22.8. The van der Waals surface area contributed by atoms with Crippen molar-refractivity contribution in [2.75, 3.05) is 12.3 Å². The van der Waals surface area contributed by atoms with Crippen LogP contribution < -0.4 is 11.4 Å². The van der Waals surface area contributed by atoms with Gasteiger partial charge in [-0.3, -0.25) is 4.57 Å². The Hall–Kier alpha value is -2.57. The highest BCUT2D eigenvalue weighted by Gasteiger charge is 2.54. The summed E-state index contributed by atoms with van der Waals surface area (Å²) in [7, 11) is 0. The number of hydrogen-bond acceptors (Lipinski definition) is 7. The maximum absolute atomic E-state index is 11.8. The van der Waals surface area contributed by atoms with Gasteiger partial charge in [0, 0.05) is 11.1 Å². The number of nitrogens with zero attached hydrogens (tertiary/aromatic N) is 5. The number of azide groups is 1. The summed E-state index contributed by atoms with van der Waals surface area (Å²) in [5.74, 6) is 1.25. The third kappa shape index (κ3) is 2.31. The number of anilines is 1. The molecule has 0 unspecified atom stereocenters. The van der Waals surface area contributed by atoms with Gasteiger partial charge >= 0.3 is 5.69 Å². The van der Waals surface area contributed by atoms with Crippen LogP contribution in [0.5, 0.6) is 0 Å². The highest BCUT2D eigenvalue weighted by Crippen LogP contribution is 2.41. The van der Waals surface area contributed by atoms with E-state index in [1.165, 1.54) is 12.3 Å². The molecular formula is C11H12N6O4. The zero-order valence-electron chi connectivity index (χ0n) is 10.7. The summed E-state index contributed by atoms with van der Waals surface area (Å²) in [4.78, 5) is 17.9. The van der Waals surface area contributed by atoms with E-state index in [2.05, 4.69) is 20.9 Å². The van der Waals surface area contributed by atoms with E-state index in [-0.39, 0.29) is 5.82 Å². The maximum Gasteiger partial charge on any atom is 0.351 e. The summed E-state index contributed by atoms with van der Waals surface area (Å²) < 4.78 is 6.39. The van der Waals surface area contributed by atoms with Gasteiger partial charge in [0.1, 0.15) is 11.9 Å². The molecule has 0 aliphatic carbocycles. The highest BCUT2D eigenvalue weighted by atomic mass is 16.6. The lowest BCUT2D eigenvalue weighted by molar-refractivity contribution is -0.124. The number of hydrogen-bond donors (Lipinski definition) is 3. The fourth-order valence-electron chi connectivity index (χ4n) is 2.13. The van der Waals surface area contributed by atoms with Gasteiger partial charge in [-0.1, -0.05) is 11.0 Å². The number of aliphatic hydroxyl groups is 2. The number of aliphatic hydroxyl groups excluding tert-OH is 2. The lowest BCUT2D eigenvalue weighted by Crippen LogP contribution is -2.42. The van der Waals surface area contributed by atoms with Gasteiger partial charge in [0.2, 0.25) is 0 Å². The number of rotatable bonds is 3. The Morgan fingerprint density at radius 2 is 2.48 bits per heavy atom. The largest absolute Gasteiger partial charge is 0.393 e. The van der Waals surface area contributed by atoms with Gasteiger partial charge in [-0.2, -0.15) is 4.98 Å². The molecule has 4 N–H and O–H groups in total. The van der Waals surface area contributed by atoms with E-state index in [1.807, 2.05) is 0 Å². The minimum atomic E-state index is -1.96. The van der Waals surface area contributed by atoms with Crippen LogP contribution in [0.25, 0.3) is 10.4 Å². The molecule has 0 spiro atoms. The van der Waals surface area contributed by atoms with Crippen molar-refractivity contribution < 1.29 is 14.9 Å². The van der Waals surface area contributed by atoms with Crippen LogP contribution >= 0.6 is 0 Å². The van der Waals surface area contributed by atoms with Crippen molar-refractivity contribution >= 4 is 5.82 Å². The van der Waals surface area contributed by atoms with Gasteiger partial charge in [-0.05, 0) is 11.6 Å². The molecule has 10 heteroatoms. The maximum atomic E-state index is 11.8. The van der Waals surface area contributed by atoms with Crippen LogP contribution in [0.15, 0.2) is 22.2 Å². The average Bonchev–Trinajstić information content (AvgIpc) is 2.72. The van der Waals surface area contributed by atoms with Gasteiger partial charge in [0.25, 0.3) is 0 Å². The van der Waals surface area contributed by atoms with Crippen LogP contribution in [0, 0.1) is 18.3 Å². The van der Waals surface area contributed by atoms with Crippen LogP contribution in [-0.4, -0.2) is 38.2 Å². The van der Waals surface area contributed by atoms with Gasteiger partial charge in [-0.25, -0.2) is 4.79 Å². The molecule has 0 saturated carbocycles. The molecule has 1 aliphatic heterocycles. The van der Waals surface area contributed by atoms with E-state index < -0.39 is 36.3 Å². The molecule has 0 bridgehead atoms. The van der Waals surface area contributed by atoms with E-state index in [0.717, 1.165) is 4.57 Å². The zero-order valence-corrected chi connectivity index (χ0v) is 10.7. The minimum Gasteiger partial charge on any atom is -0.393 e. The number of terminal acetylenes is 1. The Balaban J connectivity index is 2.52. The molecule has 0 amide bonds. The monoisotopic (exact) mass is 292 g/mol. The molecule has 4 atom stereocenters. The van der Waals surface area contributed by atoms with Gasteiger partial charge < -0.3 is 20.7 Å². The summed E-state index contributed by atoms with van der Waals surface area (Å²) >= 11 is 0. The summed E-state index contributed by atoms with van der Waals surface area (Å²) in [6.45, 7) is -0.802. The summed E-state index contributed by atoms with van der Waals surface area (Å²) in [6, 6.07) is 1.34. The predicted octanol–water partition coefficient (Wildman–Crippen LogP) is -1.04. The average molecular weight is 292 g/mol. The van der Waals surface area contributed by atoms with E-state index in [1.54, 1.807) is 0 Å². The van der Waals surface area contributed by atoms with Gasteiger partial charge in [-0.15, -0.1) is 6.42 Å². The van der Waals surface area contributed by atoms with Crippen molar-refractivity contribution in [2.45, 2.75) is 18.1 Å². The smallest absolute Gasteiger partial charge is 0.351 e. The summed E-state index contributed by atoms with van der Waals surface area (Å²) in [5.41, 5.74) is 11.2. The Kier molecular flexibility index (Phi) is 3.84. The van der Waals surface area contributed by atoms with Crippen molar-refractivity contribution in [2.24, 2.45) is 11.0 Å². The summed E-state index contributed by atoms with van der Waals surface area (Å²) in [6.07, 6.45) is 3.99. The first-order valence-corrected chi connectivity index (χ1v) is 5.83. The standard InChI is InChI=1S/C11H12N6O4/c1-2-6-8(19)11(5-18,15-16-13)21-9(6)17-4-3-7(12)14-10(17)20/h1,3-4,6,8-9,18-19H,5H2,(H2,12,14,20)/t6-,8+,9-,11-/m1/s1. The van der Waals surface area contributed by atoms with Crippen molar-refractivity contribution in [3.05, 3.63) is 33.2 Å². The number of nitrogen functional groups attached to an aromatic ring is 1. The SMILES string of the molecule is C#C[C@H]1[C@H](n2ccc(N)nc2=O)O[C@@](CO)(N=[N+]=[N-])[C@H]1O. The predicted molar refractivity (Wildman–Crippen MR) is 70.3 cm³/mol. The van der Waals surface area contributed by atoms with E-state index >= 15 is 0 Å². The van der Waals surface area contributed by atoms with Crippen molar-refractivity contribution in [1.29, 1.82) is 0 Å². The Bertz CT molecular complexity index is 691. The fourth-order valence-corrected chi connectivity index (χ4v) is 2.13. The number of nitrogens with two attached hydrogens (primary N) is 1. The number of aromatic nitrogens is 2. The van der Waals surface area contributed by atoms with Crippen molar-refractivity contribution in [3.8, 4) is 12.3 Å². The molecule has 1 aromatic heterocycles. The van der Waals surface area contributed by atoms with Crippen LogP contribution in [0.1, 0.15) is 6.23 Å². The molecule has 0 radical (unpaired) electrons. The second kappa shape index (κ2) is 5.43. The molecular weight excluding hydrogens is 280 g/mol. The molecule has 1 saturated heterocycles. The van der Waals surface area contributed by atoms with Crippen LogP contribution in [0.4, 0.5) is 5.82 Å². The molecule has 1 aliphatic rings. The minimum absolute atomic E-state index is 0.00974. The molecule has 2 rings (SSSR count). The number of ether oxygens (including phenoxy) is 1. The third-order valence-electron chi connectivity index (χ3n) is 3.19. The van der Waals surface area contributed by atoms with Crippen LogP contribution in [-0.2, 0) is 4.74 Å². The molecule has 110 valence electrons. The molecule has 1 fully saturated rings. The quantitative estimate of drug-likeness (QED) is 0.279. The lowest BCUT2D eigenvalue weighted by atomic mass is 9.97. The first-order chi connectivity index (χ1) is 9.99. The Morgan fingerprint density at radius 1 is 1.76 bits per heavy atom. The fraction of sp³-hybridized carbons (Fsp3) is 0.455. The Morgan fingerprint density at radius 3 is 3.00 bits per heavy atom. The van der Waals surface area contributed by atoms with Gasteiger partial charge in [0.05, 0.1) is 12.5 Å². The van der Waals surface area contributed by atoms with Crippen molar-refractivity contribution in [3.63, 3.8) is 0 Å². The van der Waals surface area contributed by atoms with Gasteiger partial charge in [0.15, 0.2) is 12.0 Å². The molecule has 10 nitrogen and oxygen atoms in total. The van der Waals surface area contributed by atoms with E-state index in [0.29, 0.717) is 0 Å². The second-order valence-corrected chi connectivity index (χ2v) is 4.38. The molecule has 0 aromatic carbocycles. The highest BCUT2D eigenvalue weighted by molar-refractivity contribution is 5.24.